The summed E-state index contributed by atoms with van der Waals surface area (Å²) >= 11 is 0. The third-order valence-electron chi connectivity index (χ3n) is 3.20. The van der Waals surface area contributed by atoms with Crippen LogP contribution in [0.1, 0.15) is 11.8 Å². The zero-order chi connectivity index (χ0) is 14.8. The minimum absolute atomic E-state index is 0.0413. The van der Waals surface area contributed by atoms with Crippen molar-refractivity contribution < 1.29 is 14.4 Å². The van der Waals surface area contributed by atoms with Gasteiger partial charge in [-0.15, -0.1) is 0 Å². The fraction of sp³-hybridized carbons (Fsp3) is 0.214. The molecule has 0 aliphatic carbocycles. The van der Waals surface area contributed by atoms with Crippen LogP contribution in [0.5, 0.6) is 5.75 Å². The predicted octanol–water partition coefficient (Wildman–Crippen LogP) is 2.41. The topological polar surface area (TPSA) is 82.7 Å². The molecule has 0 N–H and O–H groups in total. The third-order valence-corrected chi connectivity index (χ3v) is 3.20. The summed E-state index contributed by atoms with van der Waals surface area (Å²) in [7, 11) is 1.41. The lowest BCUT2D eigenvalue weighted by molar-refractivity contribution is -0.385. The van der Waals surface area contributed by atoms with Gasteiger partial charge >= 0.3 is 5.69 Å². The van der Waals surface area contributed by atoms with Gasteiger partial charge in [-0.05, 0) is 11.6 Å². The van der Waals surface area contributed by atoms with E-state index in [9.17, 15) is 10.1 Å². The third kappa shape index (κ3) is 2.77. The van der Waals surface area contributed by atoms with Crippen molar-refractivity contribution in [2.75, 3.05) is 7.11 Å². The lowest BCUT2D eigenvalue weighted by atomic mass is 10.1. The maximum atomic E-state index is 11.0. The van der Waals surface area contributed by atoms with E-state index in [1.165, 1.54) is 13.2 Å². The summed E-state index contributed by atoms with van der Waals surface area (Å²) in [5, 5.41) is 11.0. The molecule has 2 unspecified atom stereocenters. The maximum Gasteiger partial charge on any atom is 0.311 e. The summed E-state index contributed by atoms with van der Waals surface area (Å²) < 4.78 is 12.3. The monoisotopic (exact) mass is 287 g/mol. The Morgan fingerprint density at radius 2 is 2.38 bits per heavy atom. The number of nitro benzene ring substituents is 1. The number of aromatic nitrogens is 2. The molecule has 7 heteroatoms. The Kier molecular flexibility index (Phi) is 3.41. The number of rotatable bonds is 5. The molecule has 1 aliphatic heterocycles. The number of methoxy groups -OCH3 is 1. The number of nitro groups is 1. The van der Waals surface area contributed by atoms with Gasteiger partial charge in [-0.25, -0.2) is 4.98 Å². The molecule has 2 atom stereocenters. The number of imidazole rings is 1. The van der Waals surface area contributed by atoms with Crippen molar-refractivity contribution in [3.63, 3.8) is 0 Å². The Morgan fingerprint density at radius 1 is 1.52 bits per heavy atom. The largest absolute Gasteiger partial charge is 0.490 e. The fourth-order valence-corrected chi connectivity index (χ4v) is 2.08. The molecule has 108 valence electrons. The maximum absolute atomic E-state index is 11.0. The van der Waals surface area contributed by atoms with Crippen molar-refractivity contribution in [3.8, 4) is 5.75 Å². The molecule has 0 amide bonds. The summed E-state index contributed by atoms with van der Waals surface area (Å²) in [5.74, 6) is 0.246. The first-order valence-corrected chi connectivity index (χ1v) is 6.32. The van der Waals surface area contributed by atoms with Gasteiger partial charge in [0.25, 0.3) is 0 Å². The van der Waals surface area contributed by atoms with Crippen LogP contribution in [0.25, 0.3) is 6.08 Å². The van der Waals surface area contributed by atoms with Crippen LogP contribution in [0.15, 0.2) is 43.0 Å². The number of nitrogens with zero attached hydrogens (tertiary/aromatic N) is 3. The Hall–Kier alpha value is -2.67. The highest BCUT2D eigenvalue weighted by atomic mass is 16.6. The van der Waals surface area contributed by atoms with Crippen molar-refractivity contribution >= 4 is 11.8 Å². The average Bonchev–Trinajstić information content (AvgIpc) is 3.06. The first-order chi connectivity index (χ1) is 10.2. The van der Waals surface area contributed by atoms with Gasteiger partial charge in [0.1, 0.15) is 6.10 Å². The van der Waals surface area contributed by atoms with Crippen LogP contribution < -0.4 is 4.74 Å². The Balaban J connectivity index is 1.72. The Labute approximate surface area is 120 Å². The van der Waals surface area contributed by atoms with Gasteiger partial charge in [0.15, 0.2) is 12.0 Å². The number of ether oxygens (including phenoxy) is 2. The van der Waals surface area contributed by atoms with Gasteiger partial charge in [0.05, 0.1) is 18.4 Å². The van der Waals surface area contributed by atoms with Crippen molar-refractivity contribution in [2.24, 2.45) is 0 Å². The highest BCUT2D eigenvalue weighted by Gasteiger charge is 2.37. The van der Waals surface area contributed by atoms with Gasteiger partial charge < -0.3 is 14.0 Å². The van der Waals surface area contributed by atoms with Crippen molar-refractivity contribution in [3.05, 3.63) is 58.7 Å². The SMILES string of the molecule is COc1ccc(/C=C/C2OC2n2ccnc2)cc1[N+](=O)[O-]. The van der Waals surface area contributed by atoms with Crippen LogP contribution in [-0.2, 0) is 4.74 Å². The molecule has 7 nitrogen and oxygen atoms in total. The molecular weight excluding hydrogens is 274 g/mol. The van der Waals surface area contributed by atoms with Crippen LogP contribution in [0.3, 0.4) is 0 Å². The highest BCUT2D eigenvalue weighted by Crippen LogP contribution is 2.35. The zero-order valence-corrected chi connectivity index (χ0v) is 11.2. The van der Waals surface area contributed by atoms with Gasteiger partial charge in [-0.2, -0.15) is 0 Å². The minimum atomic E-state index is -0.460. The fourth-order valence-electron chi connectivity index (χ4n) is 2.08. The molecule has 1 aromatic heterocycles. The van der Waals surface area contributed by atoms with E-state index in [-0.39, 0.29) is 23.8 Å². The molecule has 0 bridgehead atoms. The van der Waals surface area contributed by atoms with Gasteiger partial charge in [-0.1, -0.05) is 18.2 Å². The minimum Gasteiger partial charge on any atom is -0.490 e. The Morgan fingerprint density at radius 3 is 3.05 bits per heavy atom. The average molecular weight is 287 g/mol. The second-order valence-corrected chi connectivity index (χ2v) is 4.55. The van der Waals surface area contributed by atoms with Crippen molar-refractivity contribution in [1.82, 2.24) is 9.55 Å². The number of hydrogen-bond acceptors (Lipinski definition) is 5. The number of hydrogen-bond donors (Lipinski definition) is 0. The van der Waals surface area contributed by atoms with Crippen LogP contribution in [-0.4, -0.2) is 27.7 Å². The lowest BCUT2D eigenvalue weighted by Gasteiger charge is -2.01. The number of epoxide rings is 1. The summed E-state index contributed by atoms with van der Waals surface area (Å²) in [4.78, 5) is 14.5. The molecule has 1 saturated heterocycles. The quantitative estimate of drug-likeness (QED) is 0.479. The Bertz CT molecular complexity index is 682. The van der Waals surface area contributed by atoms with Crippen LogP contribution in [0, 0.1) is 10.1 Å². The molecule has 1 aliphatic rings. The smallest absolute Gasteiger partial charge is 0.311 e. The van der Waals surface area contributed by atoms with E-state index in [0.717, 1.165) is 5.56 Å². The first-order valence-electron chi connectivity index (χ1n) is 6.32. The van der Waals surface area contributed by atoms with Gasteiger partial charge in [-0.3, -0.25) is 10.1 Å². The summed E-state index contributed by atoms with van der Waals surface area (Å²) in [6.45, 7) is 0. The van der Waals surface area contributed by atoms with E-state index in [2.05, 4.69) is 4.98 Å². The molecule has 1 aromatic carbocycles. The predicted molar refractivity (Wildman–Crippen MR) is 74.8 cm³/mol. The van der Waals surface area contributed by atoms with Crippen LogP contribution in [0.2, 0.25) is 0 Å². The molecule has 3 rings (SSSR count). The number of benzene rings is 1. The zero-order valence-electron chi connectivity index (χ0n) is 11.2. The molecule has 0 spiro atoms. The second-order valence-electron chi connectivity index (χ2n) is 4.55. The van der Waals surface area contributed by atoms with Gasteiger partial charge in [0, 0.05) is 18.5 Å². The normalized spacial score (nSPS) is 20.6. The standard InChI is InChI=1S/C14H13N3O4/c1-20-12-4-2-10(8-11(12)17(18)19)3-5-13-14(21-13)16-7-6-15-9-16/h2-9,13-14H,1H3/b5-3+. The molecule has 0 radical (unpaired) electrons. The highest BCUT2D eigenvalue weighted by molar-refractivity contribution is 5.59. The summed E-state index contributed by atoms with van der Waals surface area (Å²) in [5.41, 5.74) is 0.671. The molecule has 2 heterocycles. The second kappa shape index (κ2) is 5.37. The van der Waals surface area contributed by atoms with Crippen molar-refractivity contribution in [2.45, 2.75) is 12.3 Å². The summed E-state index contributed by atoms with van der Waals surface area (Å²) in [6, 6.07) is 4.82. The van der Waals surface area contributed by atoms with Crippen molar-refractivity contribution in [1.29, 1.82) is 0 Å². The van der Waals surface area contributed by atoms with E-state index >= 15 is 0 Å². The molecule has 21 heavy (non-hydrogen) atoms. The van der Waals surface area contributed by atoms with E-state index in [0.29, 0.717) is 0 Å². The van der Waals surface area contributed by atoms with E-state index in [4.69, 9.17) is 9.47 Å². The lowest BCUT2D eigenvalue weighted by Crippen LogP contribution is -1.94. The van der Waals surface area contributed by atoms with Crippen LogP contribution in [0.4, 0.5) is 5.69 Å². The van der Waals surface area contributed by atoms with E-state index in [1.807, 2.05) is 16.8 Å². The summed E-state index contributed by atoms with van der Waals surface area (Å²) in [6.07, 6.45) is 8.80. The van der Waals surface area contributed by atoms with Crippen LogP contribution >= 0.6 is 0 Å². The van der Waals surface area contributed by atoms with E-state index in [1.54, 1.807) is 30.7 Å². The first kappa shape index (κ1) is 13.3. The van der Waals surface area contributed by atoms with Gasteiger partial charge in [0.2, 0.25) is 0 Å². The van der Waals surface area contributed by atoms with E-state index < -0.39 is 4.92 Å². The molecular formula is C14H13N3O4. The molecule has 0 saturated carbocycles. The molecule has 1 fully saturated rings. The molecule has 2 aromatic rings.